The van der Waals surface area contributed by atoms with Crippen molar-refractivity contribution >= 4 is 17.3 Å². The summed E-state index contributed by atoms with van der Waals surface area (Å²) < 4.78 is 11.0. The van der Waals surface area contributed by atoms with Gasteiger partial charge in [-0.2, -0.15) is 0 Å². The van der Waals surface area contributed by atoms with Crippen LogP contribution in [0, 0.1) is 6.92 Å². The van der Waals surface area contributed by atoms with E-state index in [2.05, 4.69) is 10.6 Å². The van der Waals surface area contributed by atoms with Crippen LogP contribution in [0.5, 0.6) is 11.5 Å². The first-order valence-electron chi connectivity index (χ1n) is 7.71. The van der Waals surface area contributed by atoms with Gasteiger partial charge in [0, 0.05) is 30.4 Å². The molecule has 120 valence electrons. The van der Waals surface area contributed by atoms with E-state index < -0.39 is 0 Å². The highest BCUT2D eigenvalue weighted by atomic mass is 16.6. The number of hydrogen-bond donors (Lipinski definition) is 2. The van der Waals surface area contributed by atoms with Gasteiger partial charge in [0.05, 0.1) is 0 Å². The van der Waals surface area contributed by atoms with Gasteiger partial charge in [-0.15, -0.1) is 0 Å². The molecular formula is C18H20N2O3. The van der Waals surface area contributed by atoms with E-state index in [0.29, 0.717) is 31.9 Å². The summed E-state index contributed by atoms with van der Waals surface area (Å²) in [5.74, 6) is 1.35. The molecule has 5 nitrogen and oxygen atoms in total. The van der Waals surface area contributed by atoms with Crippen LogP contribution in [0.3, 0.4) is 0 Å². The van der Waals surface area contributed by atoms with Crippen LogP contribution in [0.1, 0.15) is 12.0 Å². The van der Waals surface area contributed by atoms with Crippen molar-refractivity contribution in [1.29, 1.82) is 0 Å². The van der Waals surface area contributed by atoms with Gasteiger partial charge in [-0.25, -0.2) is 0 Å². The van der Waals surface area contributed by atoms with Crippen LogP contribution >= 0.6 is 0 Å². The molecule has 2 aromatic carbocycles. The van der Waals surface area contributed by atoms with E-state index in [1.54, 1.807) is 6.07 Å². The average Bonchev–Trinajstić information content (AvgIpc) is 2.56. The van der Waals surface area contributed by atoms with E-state index in [-0.39, 0.29) is 5.91 Å². The number of para-hydroxylation sites is 1. The van der Waals surface area contributed by atoms with Gasteiger partial charge >= 0.3 is 0 Å². The van der Waals surface area contributed by atoms with E-state index in [4.69, 9.17) is 9.47 Å². The maximum Gasteiger partial charge on any atom is 0.226 e. The largest absolute Gasteiger partial charge is 0.486 e. The van der Waals surface area contributed by atoms with Crippen LogP contribution in [-0.4, -0.2) is 25.7 Å². The molecule has 0 saturated heterocycles. The fraction of sp³-hybridized carbons (Fsp3) is 0.278. The van der Waals surface area contributed by atoms with E-state index in [1.807, 2.05) is 43.3 Å². The number of nitrogens with one attached hydrogen (secondary N) is 2. The van der Waals surface area contributed by atoms with Crippen molar-refractivity contribution in [3.8, 4) is 11.5 Å². The first-order chi connectivity index (χ1) is 11.2. The van der Waals surface area contributed by atoms with E-state index >= 15 is 0 Å². The molecule has 23 heavy (non-hydrogen) atoms. The Balaban J connectivity index is 1.50. The van der Waals surface area contributed by atoms with Crippen LogP contribution in [0.15, 0.2) is 42.5 Å². The highest BCUT2D eigenvalue weighted by Gasteiger charge is 2.12. The summed E-state index contributed by atoms with van der Waals surface area (Å²) in [5.41, 5.74) is 2.94. The lowest BCUT2D eigenvalue weighted by molar-refractivity contribution is -0.115. The molecular weight excluding hydrogens is 292 g/mol. The Kier molecular flexibility index (Phi) is 4.66. The van der Waals surface area contributed by atoms with Crippen LogP contribution in [0.2, 0.25) is 0 Å². The van der Waals surface area contributed by atoms with Gasteiger partial charge in [0.2, 0.25) is 5.91 Å². The second kappa shape index (κ2) is 7.05. The average molecular weight is 312 g/mol. The van der Waals surface area contributed by atoms with Crippen LogP contribution in [0.25, 0.3) is 0 Å². The number of ether oxygens (including phenoxy) is 2. The first kappa shape index (κ1) is 15.2. The molecule has 1 amide bonds. The number of amides is 1. The molecule has 1 aliphatic heterocycles. The lowest BCUT2D eigenvalue weighted by Crippen LogP contribution is -2.18. The Morgan fingerprint density at radius 2 is 1.87 bits per heavy atom. The number of fused-ring (bicyclic) bond motifs is 1. The van der Waals surface area contributed by atoms with Crippen LogP contribution in [-0.2, 0) is 4.79 Å². The molecule has 5 heteroatoms. The minimum absolute atomic E-state index is 0.0391. The molecule has 0 saturated carbocycles. The predicted molar refractivity (Wildman–Crippen MR) is 90.3 cm³/mol. The summed E-state index contributed by atoms with van der Waals surface area (Å²) in [6, 6.07) is 13.4. The maximum absolute atomic E-state index is 12.0. The third-order valence-electron chi connectivity index (χ3n) is 3.64. The molecule has 0 spiro atoms. The van der Waals surface area contributed by atoms with Crippen molar-refractivity contribution < 1.29 is 14.3 Å². The Morgan fingerprint density at radius 1 is 1.09 bits per heavy atom. The van der Waals surface area contributed by atoms with Crippen molar-refractivity contribution in [2.24, 2.45) is 0 Å². The zero-order valence-corrected chi connectivity index (χ0v) is 13.1. The van der Waals surface area contributed by atoms with Gasteiger partial charge < -0.3 is 20.1 Å². The van der Waals surface area contributed by atoms with Gasteiger partial charge in [0.1, 0.15) is 13.2 Å². The van der Waals surface area contributed by atoms with Crippen molar-refractivity contribution in [2.45, 2.75) is 13.3 Å². The fourth-order valence-electron chi connectivity index (χ4n) is 2.43. The van der Waals surface area contributed by atoms with Gasteiger partial charge in [-0.1, -0.05) is 18.2 Å². The molecule has 0 aromatic heterocycles. The molecule has 2 aromatic rings. The van der Waals surface area contributed by atoms with E-state index in [1.165, 1.54) is 5.56 Å². The summed E-state index contributed by atoms with van der Waals surface area (Å²) in [6.45, 7) is 3.72. The number of carbonyl (C=O) groups is 1. The molecule has 0 aliphatic carbocycles. The maximum atomic E-state index is 12.0. The number of carbonyl (C=O) groups excluding carboxylic acids is 1. The molecule has 0 atom stereocenters. The quantitative estimate of drug-likeness (QED) is 0.890. The van der Waals surface area contributed by atoms with Crippen LogP contribution in [0.4, 0.5) is 11.4 Å². The fourth-order valence-corrected chi connectivity index (χ4v) is 2.43. The summed E-state index contributed by atoms with van der Waals surface area (Å²) in [4.78, 5) is 12.0. The van der Waals surface area contributed by atoms with Gasteiger partial charge in [0.15, 0.2) is 11.5 Å². The second-order valence-corrected chi connectivity index (χ2v) is 5.40. The molecule has 1 aliphatic rings. The zero-order chi connectivity index (χ0) is 16.1. The second-order valence-electron chi connectivity index (χ2n) is 5.40. The smallest absolute Gasteiger partial charge is 0.226 e. The van der Waals surface area contributed by atoms with E-state index in [9.17, 15) is 4.79 Å². The molecule has 2 N–H and O–H groups in total. The molecule has 0 unspecified atom stereocenters. The summed E-state index contributed by atoms with van der Waals surface area (Å²) in [6.07, 6.45) is 0.392. The lowest BCUT2D eigenvalue weighted by Gasteiger charge is -2.19. The third-order valence-corrected chi connectivity index (χ3v) is 3.64. The standard InChI is InChI=1S/C18H20N2O3/c1-13-4-2-3-5-15(13)19-9-8-18(21)20-14-6-7-16-17(12-14)23-11-10-22-16/h2-7,12,19H,8-11H2,1H3,(H,20,21). The Hall–Kier alpha value is -2.69. The van der Waals surface area contributed by atoms with Crippen molar-refractivity contribution in [3.63, 3.8) is 0 Å². The monoisotopic (exact) mass is 312 g/mol. The summed E-state index contributed by atoms with van der Waals surface area (Å²) in [5, 5.41) is 6.15. The van der Waals surface area contributed by atoms with E-state index in [0.717, 1.165) is 17.1 Å². The number of aryl methyl sites for hydroxylation is 1. The highest BCUT2D eigenvalue weighted by Crippen LogP contribution is 2.32. The summed E-state index contributed by atoms with van der Waals surface area (Å²) in [7, 11) is 0. The topological polar surface area (TPSA) is 59.6 Å². The third kappa shape index (κ3) is 3.94. The minimum atomic E-state index is -0.0391. The molecule has 1 heterocycles. The minimum Gasteiger partial charge on any atom is -0.486 e. The number of hydrogen-bond acceptors (Lipinski definition) is 4. The molecule has 0 fully saturated rings. The van der Waals surface area contributed by atoms with Gasteiger partial charge in [-0.3, -0.25) is 4.79 Å². The molecule has 0 radical (unpaired) electrons. The lowest BCUT2D eigenvalue weighted by atomic mass is 10.2. The van der Waals surface area contributed by atoms with Crippen molar-refractivity contribution in [2.75, 3.05) is 30.4 Å². The zero-order valence-electron chi connectivity index (χ0n) is 13.1. The molecule has 0 bridgehead atoms. The summed E-state index contributed by atoms with van der Waals surface area (Å²) >= 11 is 0. The Labute approximate surface area is 135 Å². The Morgan fingerprint density at radius 3 is 2.70 bits per heavy atom. The number of anilines is 2. The Bertz CT molecular complexity index is 700. The van der Waals surface area contributed by atoms with Gasteiger partial charge in [-0.05, 0) is 30.7 Å². The van der Waals surface area contributed by atoms with Crippen molar-refractivity contribution in [1.82, 2.24) is 0 Å². The number of benzene rings is 2. The molecule has 3 rings (SSSR count). The van der Waals surface area contributed by atoms with Crippen LogP contribution < -0.4 is 20.1 Å². The predicted octanol–water partition coefficient (Wildman–Crippen LogP) is 3.21. The number of rotatable bonds is 5. The highest BCUT2D eigenvalue weighted by molar-refractivity contribution is 5.91. The van der Waals surface area contributed by atoms with Crippen molar-refractivity contribution in [3.05, 3.63) is 48.0 Å². The van der Waals surface area contributed by atoms with Gasteiger partial charge in [0.25, 0.3) is 0 Å². The first-order valence-corrected chi connectivity index (χ1v) is 7.71. The normalized spacial score (nSPS) is 12.6. The SMILES string of the molecule is Cc1ccccc1NCCC(=O)Nc1ccc2c(c1)OCCO2.